The highest BCUT2D eigenvalue weighted by atomic mass is 15.0. The topological polar surface area (TPSA) is 4.93 Å². The van der Waals surface area contributed by atoms with Gasteiger partial charge in [-0.1, -0.05) is 244 Å². The molecule has 0 saturated carbocycles. The van der Waals surface area contributed by atoms with Crippen molar-refractivity contribution in [3.05, 3.63) is 266 Å². The van der Waals surface area contributed by atoms with Gasteiger partial charge in [-0.3, -0.25) is 0 Å². The maximum atomic E-state index is 2.68. The number of aromatic nitrogens is 1. The van der Waals surface area contributed by atoms with E-state index in [0.717, 1.165) is 0 Å². The van der Waals surface area contributed by atoms with Gasteiger partial charge in [0.1, 0.15) is 0 Å². The first-order chi connectivity index (χ1) is 35.0. The predicted octanol–water partition coefficient (Wildman–Crippen LogP) is 15.9. The Labute approximate surface area is 416 Å². The van der Waals surface area contributed by atoms with E-state index >= 15 is 0 Å². The van der Waals surface area contributed by atoms with E-state index in [0.29, 0.717) is 0 Å². The summed E-state index contributed by atoms with van der Waals surface area (Å²) in [6.07, 6.45) is 0. The summed E-state index contributed by atoms with van der Waals surface area (Å²) in [6, 6.07) is 95.1. The molecule has 0 amide bonds. The van der Waals surface area contributed by atoms with Gasteiger partial charge in [-0.25, -0.2) is 0 Å². The van der Waals surface area contributed by atoms with Crippen LogP contribution >= 0.6 is 0 Å². The lowest BCUT2D eigenvalue weighted by atomic mass is 9.33. The SMILES string of the molecule is CC1(C)c2cccc3c2-n2c4c(cc(-c5ccc(-c6ccccc6)cc5)cc4c4cc(-c5ccc(-c6ccccc6)cc5)cc1c42)B3c1c(-c2ccccc2)cc(-c2ccccc2)cc1-c1ccccc1. The molecule has 1 nitrogen and oxygen atoms in total. The number of hydrogen-bond donors (Lipinski definition) is 0. The van der Waals surface area contributed by atoms with Gasteiger partial charge >= 0.3 is 0 Å². The number of fused-ring (bicyclic) bond motifs is 1. The Morgan fingerprint density at radius 2 is 0.676 bits per heavy atom. The van der Waals surface area contributed by atoms with Crippen LogP contribution < -0.4 is 16.4 Å². The summed E-state index contributed by atoms with van der Waals surface area (Å²) in [7, 11) is 0. The van der Waals surface area contributed by atoms with Crippen LogP contribution in [-0.4, -0.2) is 11.3 Å². The molecular weight excluding hydrogens is 854 g/mol. The third-order valence-electron chi connectivity index (χ3n) is 15.6. The molecule has 71 heavy (non-hydrogen) atoms. The molecule has 0 N–H and O–H groups in total. The minimum atomic E-state index is -0.298. The number of benzene rings is 11. The van der Waals surface area contributed by atoms with E-state index in [1.165, 1.54) is 133 Å². The van der Waals surface area contributed by atoms with Crippen molar-refractivity contribution in [3.63, 3.8) is 0 Å². The van der Waals surface area contributed by atoms with Gasteiger partial charge < -0.3 is 4.57 Å². The molecule has 0 atom stereocenters. The quantitative estimate of drug-likeness (QED) is 0.134. The van der Waals surface area contributed by atoms with Crippen LogP contribution in [0.25, 0.3) is 105 Å². The monoisotopic (exact) mass is 901 g/mol. The maximum absolute atomic E-state index is 2.68. The van der Waals surface area contributed by atoms with E-state index in [1.807, 2.05) is 0 Å². The average Bonchev–Trinajstić information content (AvgIpc) is 3.78. The normalized spacial score (nSPS) is 13.0. The Bertz CT molecular complexity index is 3940. The fraction of sp³-hybridized carbons (Fsp3) is 0.0435. The van der Waals surface area contributed by atoms with Gasteiger partial charge in [0, 0.05) is 27.4 Å². The highest BCUT2D eigenvalue weighted by Gasteiger charge is 2.44. The number of rotatable bonds is 8. The molecule has 2 aliphatic heterocycles. The van der Waals surface area contributed by atoms with E-state index in [2.05, 4.69) is 273 Å². The minimum Gasteiger partial charge on any atom is -0.310 e. The van der Waals surface area contributed by atoms with E-state index in [9.17, 15) is 0 Å². The molecule has 332 valence electrons. The molecular formula is C69H48BN. The van der Waals surface area contributed by atoms with Crippen molar-refractivity contribution < 1.29 is 0 Å². The largest absolute Gasteiger partial charge is 0.310 e. The number of para-hydroxylation sites is 1. The standard InChI is InChI=1S/C69H48BN/c1-69(2)61-29-18-30-63-68(61)71-66-59(41-55(43-62(66)69)50-35-31-48(32-36-50)45-19-8-3-9-20-45)60-42-56(51-37-33-49(34-38-51)46-21-10-4-11-22-46)44-64(67(60)71)70(63)65-57(52-25-14-6-15-26-52)39-54(47-23-12-5-13-24-47)40-58(65)53-27-16-7-17-28-53/h3-44H,1-2H3. The van der Waals surface area contributed by atoms with Crippen molar-refractivity contribution in [2.45, 2.75) is 19.3 Å². The summed E-state index contributed by atoms with van der Waals surface area (Å²) < 4.78 is 2.68. The zero-order chi connectivity index (χ0) is 47.2. The lowest BCUT2D eigenvalue weighted by Gasteiger charge is -2.40. The van der Waals surface area contributed by atoms with Gasteiger partial charge in [0.2, 0.25) is 6.71 Å². The molecule has 2 aliphatic rings. The van der Waals surface area contributed by atoms with Gasteiger partial charge in [-0.05, 0) is 130 Å². The van der Waals surface area contributed by atoms with E-state index < -0.39 is 0 Å². The Morgan fingerprint density at radius 3 is 1.15 bits per heavy atom. The fourth-order valence-electron chi connectivity index (χ4n) is 12.2. The lowest BCUT2D eigenvalue weighted by Crippen LogP contribution is -2.58. The van der Waals surface area contributed by atoms with Gasteiger partial charge in [0.05, 0.1) is 5.52 Å². The van der Waals surface area contributed by atoms with Crippen LogP contribution in [-0.2, 0) is 5.41 Å². The molecule has 1 aromatic heterocycles. The Kier molecular flexibility index (Phi) is 9.41. The van der Waals surface area contributed by atoms with E-state index in [1.54, 1.807) is 0 Å². The van der Waals surface area contributed by atoms with Gasteiger partial charge in [-0.2, -0.15) is 0 Å². The van der Waals surface area contributed by atoms with Gasteiger partial charge in [0.25, 0.3) is 0 Å². The van der Waals surface area contributed by atoms with E-state index in [4.69, 9.17) is 0 Å². The molecule has 11 aromatic carbocycles. The zero-order valence-electron chi connectivity index (χ0n) is 39.8. The Hall–Kier alpha value is -8.72. The van der Waals surface area contributed by atoms with Crippen molar-refractivity contribution in [1.82, 2.24) is 4.57 Å². The molecule has 2 heteroatoms. The molecule has 0 unspecified atom stereocenters. The molecule has 0 fully saturated rings. The molecule has 0 saturated heterocycles. The Morgan fingerprint density at radius 1 is 0.296 bits per heavy atom. The number of hydrogen-bond acceptors (Lipinski definition) is 0. The van der Waals surface area contributed by atoms with Crippen molar-refractivity contribution in [2.24, 2.45) is 0 Å². The van der Waals surface area contributed by atoms with Crippen LogP contribution in [0.5, 0.6) is 0 Å². The summed E-state index contributed by atoms with van der Waals surface area (Å²) in [5.74, 6) is 0. The summed E-state index contributed by atoms with van der Waals surface area (Å²) in [5.41, 5.74) is 27.5. The van der Waals surface area contributed by atoms with Crippen LogP contribution in [0.4, 0.5) is 0 Å². The average molecular weight is 902 g/mol. The predicted molar refractivity (Wildman–Crippen MR) is 302 cm³/mol. The molecule has 3 heterocycles. The Balaban J connectivity index is 1.10. The van der Waals surface area contributed by atoms with Crippen LogP contribution in [0.2, 0.25) is 0 Å². The second-order valence-electron chi connectivity index (χ2n) is 20.0. The summed E-state index contributed by atoms with van der Waals surface area (Å²) in [5, 5.41) is 2.58. The summed E-state index contributed by atoms with van der Waals surface area (Å²) in [4.78, 5) is 0. The molecule has 0 spiro atoms. The smallest absolute Gasteiger partial charge is 0.248 e. The van der Waals surface area contributed by atoms with Crippen LogP contribution in [0.1, 0.15) is 25.0 Å². The van der Waals surface area contributed by atoms with Crippen molar-refractivity contribution in [3.8, 4) is 83.6 Å². The molecule has 0 aliphatic carbocycles. The van der Waals surface area contributed by atoms with E-state index in [-0.39, 0.29) is 12.1 Å². The number of nitrogens with zero attached hydrogens (tertiary/aromatic N) is 1. The highest BCUT2D eigenvalue weighted by Crippen LogP contribution is 2.50. The fourth-order valence-corrected chi connectivity index (χ4v) is 12.2. The second kappa shape index (κ2) is 16.2. The third kappa shape index (κ3) is 6.55. The van der Waals surface area contributed by atoms with Crippen molar-refractivity contribution in [2.75, 3.05) is 0 Å². The second-order valence-corrected chi connectivity index (χ2v) is 20.0. The molecule has 0 radical (unpaired) electrons. The minimum absolute atomic E-state index is 0.106. The zero-order valence-corrected chi connectivity index (χ0v) is 39.8. The molecule has 12 aromatic rings. The first kappa shape index (κ1) is 41.3. The van der Waals surface area contributed by atoms with Crippen LogP contribution in [0, 0.1) is 0 Å². The van der Waals surface area contributed by atoms with Crippen LogP contribution in [0.15, 0.2) is 255 Å². The summed E-state index contributed by atoms with van der Waals surface area (Å²) in [6.45, 7) is 4.79. The lowest BCUT2D eigenvalue weighted by molar-refractivity contribution is 0.631. The molecule has 0 bridgehead atoms. The van der Waals surface area contributed by atoms with Crippen molar-refractivity contribution >= 4 is 44.9 Å². The first-order valence-corrected chi connectivity index (χ1v) is 24.9. The van der Waals surface area contributed by atoms with Gasteiger partial charge in [-0.15, -0.1) is 0 Å². The third-order valence-corrected chi connectivity index (χ3v) is 15.6. The van der Waals surface area contributed by atoms with Crippen LogP contribution in [0.3, 0.4) is 0 Å². The summed E-state index contributed by atoms with van der Waals surface area (Å²) >= 11 is 0. The maximum Gasteiger partial charge on any atom is 0.248 e. The van der Waals surface area contributed by atoms with Crippen molar-refractivity contribution in [1.29, 1.82) is 0 Å². The molecule has 14 rings (SSSR count). The first-order valence-electron chi connectivity index (χ1n) is 24.9. The highest BCUT2D eigenvalue weighted by molar-refractivity contribution is 6.99. The van der Waals surface area contributed by atoms with Gasteiger partial charge in [0.15, 0.2) is 0 Å².